The molecule has 1 N–H and O–H groups in total. The van der Waals surface area contributed by atoms with Gasteiger partial charge in [-0.3, -0.25) is 9.59 Å². The topological polar surface area (TPSA) is 98.6 Å². The number of nitrogens with one attached hydrogen (secondary N) is 1. The van der Waals surface area contributed by atoms with Crippen molar-refractivity contribution in [3.63, 3.8) is 0 Å². The van der Waals surface area contributed by atoms with Crippen LogP contribution in [0.1, 0.15) is 22.7 Å². The Morgan fingerprint density at radius 2 is 1.69 bits per heavy atom. The second kappa shape index (κ2) is 12.5. The van der Waals surface area contributed by atoms with Crippen LogP contribution in [-0.4, -0.2) is 45.9 Å². The quantitative estimate of drug-likeness (QED) is 0.246. The van der Waals surface area contributed by atoms with Crippen LogP contribution in [0.2, 0.25) is 0 Å². The van der Waals surface area contributed by atoms with Crippen molar-refractivity contribution in [1.82, 2.24) is 19.9 Å². The molecule has 0 bridgehead atoms. The molecule has 0 saturated heterocycles. The predicted molar refractivity (Wildman–Crippen MR) is 157 cm³/mol. The number of ether oxygens (including phenoxy) is 2. The molecule has 42 heavy (non-hydrogen) atoms. The van der Waals surface area contributed by atoms with Crippen molar-refractivity contribution in [3.05, 3.63) is 114 Å². The van der Waals surface area contributed by atoms with Gasteiger partial charge in [0.1, 0.15) is 35.4 Å². The Morgan fingerprint density at radius 3 is 2.43 bits per heavy atom. The SMILES string of the molecule is COc1ccc(NC(=O)C(c2ccc(F)cc2)N(Cc2ccccc2C)C(=O)Cn2nnc3ccccc32)c(OC)c1. The zero-order valence-electron chi connectivity index (χ0n) is 23.5. The van der Waals surface area contributed by atoms with Gasteiger partial charge in [-0.05, 0) is 60.0 Å². The molecule has 1 unspecified atom stereocenters. The molecule has 1 aromatic heterocycles. The van der Waals surface area contributed by atoms with E-state index in [4.69, 9.17) is 9.47 Å². The number of para-hydroxylation sites is 1. The third-order valence-corrected chi connectivity index (χ3v) is 7.04. The predicted octanol–water partition coefficient (Wildman–Crippen LogP) is 5.30. The summed E-state index contributed by atoms with van der Waals surface area (Å²) in [5.74, 6) is -0.404. The lowest BCUT2D eigenvalue weighted by atomic mass is 10.0. The van der Waals surface area contributed by atoms with Gasteiger partial charge in [-0.25, -0.2) is 9.07 Å². The lowest BCUT2D eigenvalue weighted by Gasteiger charge is -2.32. The highest BCUT2D eigenvalue weighted by atomic mass is 19.1. The molecule has 0 aliphatic rings. The molecule has 1 atom stereocenters. The van der Waals surface area contributed by atoms with E-state index in [2.05, 4.69) is 15.6 Å². The minimum atomic E-state index is -1.13. The standard InChI is InChI=1S/C32H30FN5O4/c1-21-8-4-5-9-23(21)19-37(30(39)20-38-28-11-7-6-10-26(28)35-36-38)31(22-12-14-24(33)15-13-22)32(40)34-27-17-16-25(41-2)18-29(27)42-3/h4-18,31H,19-20H2,1-3H3,(H,34,40). The van der Waals surface area contributed by atoms with Gasteiger partial charge in [0.2, 0.25) is 5.91 Å². The van der Waals surface area contributed by atoms with Crippen molar-refractivity contribution in [2.75, 3.05) is 19.5 Å². The Morgan fingerprint density at radius 1 is 0.952 bits per heavy atom. The number of rotatable bonds is 10. The van der Waals surface area contributed by atoms with Gasteiger partial charge in [-0.1, -0.05) is 53.7 Å². The van der Waals surface area contributed by atoms with Crippen LogP contribution >= 0.6 is 0 Å². The second-order valence-corrected chi connectivity index (χ2v) is 9.69. The summed E-state index contributed by atoms with van der Waals surface area (Å²) in [4.78, 5) is 29.8. The molecular formula is C32H30FN5O4. The number of methoxy groups -OCH3 is 2. The van der Waals surface area contributed by atoms with Gasteiger partial charge >= 0.3 is 0 Å². The van der Waals surface area contributed by atoms with E-state index in [1.54, 1.807) is 18.2 Å². The molecule has 0 aliphatic carbocycles. The molecule has 0 radical (unpaired) electrons. The summed E-state index contributed by atoms with van der Waals surface area (Å²) in [5, 5.41) is 11.2. The molecule has 1 heterocycles. The molecule has 10 heteroatoms. The number of aromatic nitrogens is 3. The molecule has 9 nitrogen and oxygen atoms in total. The van der Waals surface area contributed by atoms with Crippen molar-refractivity contribution < 1.29 is 23.5 Å². The highest BCUT2D eigenvalue weighted by Gasteiger charge is 2.33. The first-order valence-electron chi connectivity index (χ1n) is 13.3. The summed E-state index contributed by atoms with van der Waals surface area (Å²) >= 11 is 0. The van der Waals surface area contributed by atoms with Crippen LogP contribution in [0.5, 0.6) is 11.5 Å². The van der Waals surface area contributed by atoms with E-state index >= 15 is 0 Å². The molecule has 0 saturated carbocycles. The van der Waals surface area contributed by atoms with Gasteiger partial charge in [-0.2, -0.15) is 0 Å². The van der Waals surface area contributed by atoms with E-state index in [-0.39, 0.29) is 19.0 Å². The zero-order chi connectivity index (χ0) is 29.6. The summed E-state index contributed by atoms with van der Waals surface area (Å²) in [6.45, 7) is 1.90. The number of carbonyl (C=O) groups excluding carboxylic acids is 2. The Labute approximate surface area is 242 Å². The maximum atomic E-state index is 14.2. The highest BCUT2D eigenvalue weighted by Crippen LogP contribution is 2.32. The number of hydrogen-bond acceptors (Lipinski definition) is 6. The van der Waals surface area contributed by atoms with Crippen molar-refractivity contribution in [3.8, 4) is 11.5 Å². The highest BCUT2D eigenvalue weighted by molar-refractivity contribution is 5.99. The van der Waals surface area contributed by atoms with Crippen LogP contribution in [0.25, 0.3) is 11.0 Å². The minimum absolute atomic E-state index is 0.118. The fraction of sp³-hybridized carbons (Fsp3) is 0.188. The third-order valence-electron chi connectivity index (χ3n) is 7.04. The van der Waals surface area contributed by atoms with Gasteiger partial charge in [0.15, 0.2) is 0 Å². The smallest absolute Gasteiger partial charge is 0.251 e. The monoisotopic (exact) mass is 567 g/mol. The zero-order valence-corrected chi connectivity index (χ0v) is 23.5. The second-order valence-electron chi connectivity index (χ2n) is 9.69. The number of amides is 2. The van der Waals surface area contributed by atoms with E-state index in [0.717, 1.165) is 11.1 Å². The van der Waals surface area contributed by atoms with Gasteiger partial charge < -0.3 is 19.7 Å². The van der Waals surface area contributed by atoms with Crippen LogP contribution in [0.3, 0.4) is 0 Å². The van der Waals surface area contributed by atoms with Gasteiger partial charge in [-0.15, -0.1) is 5.10 Å². The van der Waals surface area contributed by atoms with Crippen molar-refractivity contribution in [1.29, 1.82) is 0 Å². The molecule has 2 amide bonds. The summed E-state index contributed by atoms with van der Waals surface area (Å²) in [6, 6.07) is 24.4. The maximum absolute atomic E-state index is 14.2. The molecule has 5 rings (SSSR count). The first-order chi connectivity index (χ1) is 20.4. The van der Waals surface area contributed by atoms with Gasteiger partial charge in [0, 0.05) is 12.6 Å². The van der Waals surface area contributed by atoms with E-state index < -0.39 is 17.8 Å². The summed E-state index contributed by atoms with van der Waals surface area (Å²) in [6.07, 6.45) is 0. The van der Waals surface area contributed by atoms with Crippen molar-refractivity contribution in [2.45, 2.75) is 26.1 Å². The average Bonchev–Trinajstić information content (AvgIpc) is 3.41. The van der Waals surface area contributed by atoms with Crippen molar-refractivity contribution in [2.24, 2.45) is 0 Å². The maximum Gasteiger partial charge on any atom is 0.251 e. The molecular weight excluding hydrogens is 537 g/mol. The summed E-state index contributed by atoms with van der Waals surface area (Å²) in [5.41, 5.74) is 3.98. The van der Waals surface area contributed by atoms with E-state index in [1.165, 1.54) is 48.1 Å². The van der Waals surface area contributed by atoms with Crippen LogP contribution in [0.15, 0.2) is 91.0 Å². The molecule has 214 valence electrons. The largest absolute Gasteiger partial charge is 0.497 e. The Kier molecular flexibility index (Phi) is 8.42. The Hall–Kier alpha value is -5.25. The summed E-state index contributed by atoms with van der Waals surface area (Å²) in [7, 11) is 3.02. The number of hydrogen-bond donors (Lipinski definition) is 1. The average molecular weight is 568 g/mol. The number of nitrogens with zero attached hydrogens (tertiary/aromatic N) is 4. The molecule has 5 aromatic rings. The first-order valence-corrected chi connectivity index (χ1v) is 13.3. The van der Waals surface area contributed by atoms with Crippen LogP contribution in [0, 0.1) is 12.7 Å². The van der Waals surface area contributed by atoms with Gasteiger partial charge in [0.05, 0.1) is 25.4 Å². The molecule has 0 fully saturated rings. The van der Waals surface area contributed by atoms with Crippen LogP contribution < -0.4 is 14.8 Å². The molecule has 0 aliphatic heterocycles. The minimum Gasteiger partial charge on any atom is -0.497 e. The van der Waals surface area contributed by atoms with Crippen molar-refractivity contribution >= 4 is 28.5 Å². The van der Waals surface area contributed by atoms with Gasteiger partial charge in [0.25, 0.3) is 5.91 Å². The lowest BCUT2D eigenvalue weighted by Crippen LogP contribution is -2.42. The third kappa shape index (κ3) is 6.07. The normalized spacial score (nSPS) is 11.6. The fourth-order valence-electron chi connectivity index (χ4n) is 4.77. The fourth-order valence-corrected chi connectivity index (χ4v) is 4.77. The summed E-state index contributed by atoms with van der Waals surface area (Å²) < 4.78 is 26.3. The molecule has 0 spiro atoms. The number of benzene rings is 4. The number of aryl methyl sites for hydroxylation is 1. The number of fused-ring (bicyclic) bond motifs is 1. The Bertz CT molecular complexity index is 1720. The van der Waals surface area contributed by atoms with Crippen LogP contribution in [0.4, 0.5) is 10.1 Å². The van der Waals surface area contributed by atoms with E-state index in [9.17, 15) is 14.0 Å². The number of carbonyl (C=O) groups is 2. The number of halogens is 1. The Balaban J connectivity index is 1.57. The first kappa shape index (κ1) is 28.3. The molecule has 4 aromatic carbocycles. The number of anilines is 1. The van der Waals surface area contributed by atoms with E-state index in [1.807, 2.05) is 55.5 Å². The van der Waals surface area contributed by atoms with Crippen LogP contribution in [-0.2, 0) is 22.7 Å². The lowest BCUT2D eigenvalue weighted by molar-refractivity contribution is -0.140. The van der Waals surface area contributed by atoms with E-state index in [0.29, 0.717) is 33.8 Å².